The fourth-order valence-electron chi connectivity index (χ4n) is 3.60. The molecule has 0 aromatic heterocycles. The van der Waals surface area contributed by atoms with Crippen molar-refractivity contribution in [3.8, 4) is 5.75 Å². The summed E-state index contributed by atoms with van der Waals surface area (Å²) in [6.07, 6.45) is 2.53. The van der Waals surface area contributed by atoms with Crippen LogP contribution < -0.4 is 14.5 Å². The van der Waals surface area contributed by atoms with Gasteiger partial charge in [-0.25, -0.2) is 18.6 Å². The summed E-state index contributed by atoms with van der Waals surface area (Å²) >= 11 is 0. The molecular weight excluding hydrogens is 502 g/mol. The lowest BCUT2D eigenvalue weighted by Crippen LogP contribution is -2.32. The molecule has 0 radical (unpaired) electrons. The van der Waals surface area contributed by atoms with E-state index in [1.807, 2.05) is 36.4 Å². The first-order valence-corrected chi connectivity index (χ1v) is 13.5. The first kappa shape index (κ1) is 26.3. The molecule has 0 aliphatic carbocycles. The largest absolute Gasteiger partial charge is 0.423 e. The van der Waals surface area contributed by atoms with E-state index in [2.05, 4.69) is 10.5 Å². The van der Waals surface area contributed by atoms with Crippen LogP contribution in [0.4, 0.5) is 5.69 Å². The van der Waals surface area contributed by atoms with Crippen LogP contribution in [0.25, 0.3) is 0 Å². The molecular formula is C29H25N3O5S. The van der Waals surface area contributed by atoms with Gasteiger partial charge in [-0.05, 0) is 59.7 Å². The maximum absolute atomic E-state index is 12.9. The van der Waals surface area contributed by atoms with Gasteiger partial charge in [-0.1, -0.05) is 60.7 Å². The smallest absolute Gasteiger partial charge is 0.343 e. The number of nitrogens with one attached hydrogen (secondary N) is 1. The third-order valence-corrected chi connectivity index (χ3v) is 6.59. The number of hydrogen-bond acceptors (Lipinski definition) is 6. The van der Waals surface area contributed by atoms with Crippen molar-refractivity contribution in [2.24, 2.45) is 5.10 Å². The Morgan fingerprint density at radius 2 is 1.45 bits per heavy atom. The molecule has 0 aliphatic heterocycles. The number of hydrazone groups is 1. The van der Waals surface area contributed by atoms with E-state index in [1.54, 1.807) is 72.8 Å². The summed E-state index contributed by atoms with van der Waals surface area (Å²) in [6, 6.07) is 30.8. The van der Waals surface area contributed by atoms with Gasteiger partial charge in [0.15, 0.2) is 0 Å². The highest BCUT2D eigenvalue weighted by molar-refractivity contribution is 7.92. The van der Waals surface area contributed by atoms with Gasteiger partial charge in [0, 0.05) is 0 Å². The molecule has 4 aromatic rings. The summed E-state index contributed by atoms with van der Waals surface area (Å²) in [5.41, 5.74) is 4.74. The van der Waals surface area contributed by atoms with Crippen LogP contribution in [0.15, 0.2) is 114 Å². The average molecular weight is 528 g/mol. The lowest BCUT2D eigenvalue weighted by molar-refractivity contribution is 0.0734. The zero-order chi connectivity index (χ0) is 27.0. The lowest BCUT2D eigenvalue weighted by atomic mass is 10.1. The summed E-state index contributed by atoms with van der Waals surface area (Å²) in [7, 11) is -3.69. The third-order valence-electron chi connectivity index (χ3n) is 5.47. The molecule has 0 spiro atoms. The quantitative estimate of drug-likeness (QED) is 0.148. The SMILES string of the molecule is CS(=O)(=O)N(Cc1ccccc1)c1ccccc1C(=O)NN=Cc1ccc(OC(=O)c2ccccc2)cc1. The van der Waals surface area contributed by atoms with Crippen LogP contribution in [-0.2, 0) is 16.6 Å². The summed E-state index contributed by atoms with van der Waals surface area (Å²) in [5.74, 6) is -0.659. The van der Waals surface area contributed by atoms with E-state index in [0.29, 0.717) is 16.9 Å². The van der Waals surface area contributed by atoms with Gasteiger partial charge >= 0.3 is 5.97 Å². The van der Waals surface area contributed by atoms with Crippen LogP contribution in [0.5, 0.6) is 5.75 Å². The van der Waals surface area contributed by atoms with E-state index >= 15 is 0 Å². The first-order chi connectivity index (χ1) is 18.3. The van der Waals surface area contributed by atoms with Crippen molar-refractivity contribution in [1.82, 2.24) is 5.43 Å². The summed E-state index contributed by atoms with van der Waals surface area (Å²) < 4.78 is 31.8. The number of rotatable bonds is 9. The minimum absolute atomic E-state index is 0.0778. The van der Waals surface area contributed by atoms with E-state index in [-0.39, 0.29) is 17.8 Å². The van der Waals surface area contributed by atoms with Crippen LogP contribution in [0, 0.1) is 0 Å². The van der Waals surface area contributed by atoms with E-state index < -0.39 is 21.9 Å². The monoisotopic (exact) mass is 527 g/mol. The molecule has 9 heteroatoms. The number of nitrogens with zero attached hydrogens (tertiary/aromatic N) is 2. The third kappa shape index (κ3) is 6.92. The van der Waals surface area contributed by atoms with Crippen LogP contribution in [-0.4, -0.2) is 32.8 Å². The molecule has 1 N–H and O–H groups in total. The number of sulfonamides is 1. The molecule has 4 aromatic carbocycles. The molecule has 4 rings (SSSR count). The Kier molecular flexibility index (Phi) is 8.30. The molecule has 1 amide bonds. The highest BCUT2D eigenvalue weighted by atomic mass is 32.2. The second-order valence-corrected chi connectivity index (χ2v) is 10.2. The Morgan fingerprint density at radius 3 is 2.11 bits per heavy atom. The predicted octanol–water partition coefficient (Wildman–Crippen LogP) is 4.64. The molecule has 0 fully saturated rings. The zero-order valence-electron chi connectivity index (χ0n) is 20.5. The number of esters is 1. The Bertz CT molecular complexity index is 1540. The number of anilines is 1. The average Bonchev–Trinajstić information content (AvgIpc) is 2.93. The number of carbonyl (C=O) groups excluding carboxylic acids is 2. The van der Waals surface area contributed by atoms with Crippen LogP contribution in [0.3, 0.4) is 0 Å². The minimum atomic E-state index is -3.69. The topological polar surface area (TPSA) is 105 Å². The normalized spacial score (nSPS) is 11.2. The van der Waals surface area contributed by atoms with E-state index in [9.17, 15) is 18.0 Å². The van der Waals surface area contributed by atoms with Gasteiger partial charge in [0.05, 0.1) is 35.8 Å². The van der Waals surface area contributed by atoms with Crippen LogP contribution in [0.1, 0.15) is 31.8 Å². The van der Waals surface area contributed by atoms with Gasteiger partial charge in [0.2, 0.25) is 10.0 Å². The van der Waals surface area contributed by atoms with Gasteiger partial charge in [0.1, 0.15) is 5.75 Å². The second kappa shape index (κ2) is 12.0. The fourth-order valence-corrected chi connectivity index (χ4v) is 4.50. The molecule has 38 heavy (non-hydrogen) atoms. The van der Waals surface area contributed by atoms with E-state index in [0.717, 1.165) is 11.8 Å². The number of benzene rings is 4. The number of para-hydroxylation sites is 1. The van der Waals surface area contributed by atoms with Crippen molar-refractivity contribution in [2.75, 3.05) is 10.6 Å². The number of hydrogen-bond donors (Lipinski definition) is 1. The molecule has 0 bridgehead atoms. The number of carbonyl (C=O) groups is 2. The number of amides is 1. The predicted molar refractivity (Wildman–Crippen MR) is 147 cm³/mol. The first-order valence-electron chi connectivity index (χ1n) is 11.6. The Labute approximate surface area is 221 Å². The Balaban J connectivity index is 1.44. The van der Waals surface area contributed by atoms with Crippen molar-refractivity contribution >= 4 is 33.8 Å². The van der Waals surface area contributed by atoms with Gasteiger partial charge < -0.3 is 4.74 Å². The highest BCUT2D eigenvalue weighted by Gasteiger charge is 2.23. The minimum Gasteiger partial charge on any atom is -0.423 e. The van der Waals surface area contributed by atoms with Crippen LogP contribution in [0.2, 0.25) is 0 Å². The van der Waals surface area contributed by atoms with Gasteiger partial charge in [-0.15, -0.1) is 0 Å². The Hall–Kier alpha value is -4.76. The van der Waals surface area contributed by atoms with Crippen molar-refractivity contribution in [3.63, 3.8) is 0 Å². The van der Waals surface area contributed by atoms with Crippen molar-refractivity contribution in [3.05, 3.63) is 131 Å². The van der Waals surface area contributed by atoms with Gasteiger partial charge in [-0.2, -0.15) is 5.10 Å². The highest BCUT2D eigenvalue weighted by Crippen LogP contribution is 2.25. The van der Waals surface area contributed by atoms with Crippen LogP contribution >= 0.6 is 0 Å². The molecule has 8 nitrogen and oxygen atoms in total. The molecule has 192 valence electrons. The molecule has 0 saturated carbocycles. The summed E-state index contributed by atoms with van der Waals surface area (Å²) in [5, 5.41) is 4.00. The second-order valence-electron chi connectivity index (χ2n) is 8.30. The standard InChI is InChI=1S/C29H25N3O5S/c1-38(35,36)32(21-23-10-4-2-5-11-23)27-15-9-8-14-26(27)28(33)31-30-20-22-16-18-25(19-17-22)37-29(34)24-12-6-3-7-13-24/h2-20H,21H2,1H3,(H,31,33). The maximum atomic E-state index is 12.9. The van der Waals surface area contributed by atoms with Crippen molar-refractivity contribution < 1.29 is 22.7 Å². The fraction of sp³-hybridized carbons (Fsp3) is 0.0690. The molecule has 0 heterocycles. The summed E-state index contributed by atoms with van der Waals surface area (Å²) in [4.78, 5) is 25.1. The Morgan fingerprint density at radius 1 is 0.842 bits per heavy atom. The van der Waals surface area contributed by atoms with E-state index in [4.69, 9.17) is 4.74 Å². The van der Waals surface area contributed by atoms with Gasteiger partial charge in [0.25, 0.3) is 5.91 Å². The molecule has 0 atom stereocenters. The maximum Gasteiger partial charge on any atom is 0.343 e. The van der Waals surface area contributed by atoms with Crippen molar-refractivity contribution in [2.45, 2.75) is 6.54 Å². The summed E-state index contributed by atoms with van der Waals surface area (Å²) in [6.45, 7) is 0.0778. The zero-order valence-corrected chi connectivity index (χ0v) is 21.3. The lowest BCUT2D eigenvalue weighted by Gasteiger charge is -2.24. The number of ether oxygens (including phenoxy) is 1. The van der Waals surface area contributed by atoms with Gasteiger partial charge in [-0.3, -0.25) is 9.10 Å². The van der Waals surface area contributed by atoms with Crippen molar-refractivity contribution in [1.29, 1.82) is 0 Å². The molecule has 0 aliphatic rings. The molecule has 0 unspecified atom stereocenters. The molecule has 0 saturated heterocycles. The van der Waals surface area contributed by atoms with E-state index in [1.165, 1.54) is 10.5 Å².